The van der Waals surface area contributed by atoms with Gasteiger partial charge in [0.25, 0.3) is 0 Å². The van der Waals surface area contributed by atoms with Gasteiger partial charge < -0.3 is 9.32 Å². The Balaban J connectivity index is 1.94. The van der Waals surface area contributed by atoms with Crippen LogP contribution in [0.2, 0.25) is 0 Å². The smallest absolute Gasteiger partial charge is 0.336 e. The van der Waals surface area contributed by atoms with Gasteiger partial charge in [-0.25, -0.2) is 4.79 Å². The molecule has 106 valence electrons. The zero-order valence-corrected chi connectivity index (χ0v) is 12.1. The minimum atomic E-state index is -0.259. The van der Waals surface area contributed by atoms with E-state index in [0.717, 1.165) is 43.7 Å². The van der Waals surface area contributed by atoms with Crippen LogP contribution < -0.4 is 5.63 Å². The van der Waals surface area contributed by atoms with Crippen molar-refractivity contribution < 1.29 is 4.42 Å². The summed E-state index contributed by atoms with van der Waals surface area (Å²) >= 11 is 0. The zero-order valence-electron chi connectivity index (χ0n) is 12.1. The summed E-state index contributed by atoms with van der Waals surface area (Å²) in [6.07, 6.45) is 0. The Labute approximate surface area is 118 Å². The molecule has 3 rings (SSSR count). The van der Waals surface area contributed by atoms with E-state index < -0.39 is 0 Å². The fourth-order valence-corrected chi connectivity index (χ4v) is 2.72. The number of rotatable bonds is 2. The van der Waals surface area contributed by atoms with E-state index in [2.05, 4.69) is 29.8 Å². The second kappa shape index (κ2) is 5.38. The van der Waals surface area contributed by atoms with Crippen molar-refractivity contribution in [1.29, 1.82) is 0 Å². The van der Waals surface area contributed by atoms with Crippen LogP contribution in [0.15, 0.2) is 33.5 Å². The molecule has 0 atom stereocenters. The van der Waals surface area contributed by atoms with E-state index in [1.54, 1.807) is 6.07 Å². The second-order valence-electron chi connectivity index (χ2n) is 5.67. The van der Waals surface area contributed by atoms with Crippen LogP contribution in [-0.2, 0) is 6.54 Å². The maximum absolute atomic E-state index is 11.7. The largest absolute Gasteiger partial charge is 0.423 e. The van der Waals surface area contributed by atoms with Gasteiger partial charge in [0.05, 0.1) is 0 Å². The maximum Gasteiger partial charge on any atom is 0.336 e. The lowest BCUT2D eigenvalue weighted by Crippen LogP contribution is -2.43. The van der Waals surface area contributed by atoms with E-state index in [1.165, 1.54) is 5.56 Å². The first-order valence-electron chi connectivity index (χ1n) is 7.06. The normalized spacial score (nSPS) is 17.7. The summed E-state index contributed by atoms with van der Waals surface area (Å²) in [5.41, 5.74) is 2.69. The third-order valence-electron chi connectivity index (χ3n) is 3.97. The predicted octanol–water partition coefficient (Wildman–Crippen LogP) is 1.85. The zero-order chi connectivity index (χ0) is 14.1. The lowest BCUT2D eigenvalue weighted by molar-refractivity contribution is 0.148. The van der Waals surface area contributed by atoms with Crippen molar-refractivity contribution in [3.8, 4) is 0 Å². The van der Waals surface area contributed by atoms with Crippen LogP contribution in [-0.4, -0.2) is 43.0 Å². The number of hydrogen-bond acceptors (Lipinski definition) is 4. The van der Waals surface area contributed by atoms with Crippen LogP contribution in [0.3, 0.4) is 0 Å². The molecule has 1 aromatic heterocycles. The minimum Gasteiger partial charge on any atom is -0.423 e. The fraction of sp³-hybridized carbons (Fsp3) is 0.438. The third-order valence-corrected chi connectivity index (χ3v) is 3.97. The molecule has 4 nitrogen and oxygen atoms in total. The van der Waals surface area contributed by atoms with Crippen LogP contribution in [0, 0.1) is 6.92 Å². The summed E-state index contributed by atoms with van der Waals surface area (Å²) in [6.45, 7) is 7.13. The summed E-state index contributed by atoms with van der Waals surface area (Å²) in [4.78, 5) is 16.4. The molecule has 1 saturated heterocycles. The molecule has 20 heavy (non-hydrogen) atoms. The predicted molar refractivity (Wildman–Crippen MR) is 80.0 cm³/mol. The molecule has 0 radical (unpaired) electrons. The summed E-state index contributed by atoms with van der Waals surface area (Å²) in [7, 11) is 2.15. The van der Waals surface area contributed by atoms with Crippen LogP contribution in [0.5, 0.6) is 0 Å². The van der Waals surface area contributed by atoms with E-state index in [-0.39, 0.29) is 5.63 Å². The molecule has 0 N–H and O–H groups in total. The Morgan fingerprint density at radius 2 is 1.90 bits per heavy atom. The quantitative estimate of drug-likeness (QED) is 0.782. The first-order chi connectivity index (χ1) is 9.61. The van der Waals surface area contributed by atoms with Crippen molar-refractivity contribution in [2.45, 2.75) is 13.5 Å². The molecule has 2 heterocycles. The first kappa shape index (κ1) is 13.3. The average Bonchev–Trinajstić information content (AvgIpc) is 2.42. The van der Waals surface area contributed by atoms with Gasteiger partial charge in [0, 0.05) is 44.2 Å². The molecule has 1 aliphatic rings. The fourth-order valence-electron chi connectivity index (χ4n) is 2.72. The van der Waals surface area contributed by atoms with Gasteiger partial charge in [0.15, 0.2) is 0 Å². The highest BCUT2D eigenvalue weighted by Crippen LogP contribution is 2.20. The first-order valence-corrected chi connectivity index (χ1v) is 7.06. The molecular formula is C16H20N2O2. The standard InChI is InChI=1S/C16H20N2O2/c1-12-3-4-15-14(9-12)13(10-16(19)20-15)11-18-7-5-17(2)6-8-18/h3-4,9-10H,5-8,11H2,1-2H3. The topological polar surface area (TPSA) is 36.7 Å². The lowest BCUT2D eigenvalue weighted by Gasteiger charge is -2.32. The van der Waals surface area contributed by atoms with Crippen LogP contribution >= 0.6 is 0 Å². The Hall–Kier alpha value is -1.65. The van der Waals surface area contributed by atoms with Crippen molar-refractivity contribution in [3.05, 3.63) is 45.8 Å². The number of likely N-dealkylation sites (N-methyl/N-ethyl adjacent to an activating group) is 1. The number of hydrogen-bond donors (Lipinski definition) is 0. The summed E-state index contributed by atoms with van der Waals surface area (Å²) < 4.78 is 5.28. The maximum atomic E-state index is 11.7. The van der Waals surface area contributed by atoms with Gasteiger partial charge in [-0.3, -0.25) is 4.90 Å². The highest BCUT2D eigenvalue weighted by atomic mass is 16.4. The molecule has 1 aromatic carbocycles. The molecule has 0 aliphatic carbocycles. The Morgan fingerprint density at radius 3 is 2.65 bits per heavy atom. The van der Waals surface area contributed by atoms with E-state index in [1.807, 2.05) is 12.1 Å². The molecule has 0 unspecified atom stereocenters. The van der Waals surface area contributed by atoms with E-state index in [9.17, 15) is 4.79 Å². The van der Waals surface area contributed by atoms with E-state index in [0.29, 0.717) is 5.58 Å². The molecule has 0 amide bonds. The van der Waals surface area contributed by atoms with Crippen molar-refractivity contribution in [2.24, 2.45) is 0 Å². The number of aryl methyl sites for hydroxylation is 1. The van der Waals surface area contributed by atoms with E-state index >= 15 is 0 Å². The Kier molecular flexibility index (Phi) is 3.59. The van der Waals surface area contributed by atoms with Gasteiger partial charge in [-0.05, 0) is 31.7 Å². The monoisotopic (exact) mass is 272 g/mol. The number of piperazine rings is 1. The number of benzene rings is 1. The van der Waals surface area contributed by atoms with Crippen molar-refractivity contribution >= 4 is 11.0 Å². The molecule has 0 bridgehead atoms. The second-order valence-corrected chi connectivity index (χ2v) is 5.67. The molecule has 1 aliphatic heterocycles. The SMILES string of the molecule is Cc1ccc2oc(=O)cc(CN3CCN(C)CC3)c2c1. The van der Waals surface area contributed by atoms with Gasteiger partial charge in [-0.2, -0.15) is 0 Å². The number of fused-ring (bicyclic) bond motifs is 1. The van der Waals surface area contributed by atoms with Gasteiger partial charge in [-0.15, -0.1) is 0 Å². The highest BCUT2D eigenvalue weighted by Gasteiger charge is 2.15. The Morgan fingerprint density at radius 1 is 1.15 bits per heavy atom. The van der Waals surface area contributed by atoms with Crippen molar-refractivity contribution in [2.75, 3.05) is 33.2 Å². The van der Waals surface area contributed by atoms with Crippen LogP contribution in [0.1, 0.15) is 11.1 Å². The third kappa shape index (κ3) is 2.76. The minimum absolute atomic E-state index is 0.259. The summed E-state index contributed by atoms with van der Waals surface area (Å²) in [5, 5.41) is 1.06. The molecule has 2 aromatic rings. The Bertz CT molecular complexity index is 670. The molecule has 4 heteroatoms. The van der Waals surface area contributed by atoms with Crippen molar-refractivity contribution in [1.82, 2.24) is 9.80 Å². The van der Waals surface area contributed by atoms with Gasteiger partial charge in [-0.1, -0.05) is 11.6 Å². The molecule has 0 spiro atoms. The molecule has 1 fully saturated rings. The molecular weight excluding hydrogens is 252 g/mol. The van der Waals surface area contributed by atoms with Crippen LogP contribution in [0.4, 0.5) is 0 Å². The van der Waals surface area contributed by atoms with Gasteiger partial charge in [0.2, 0.25) is 0 Å². The molecule has 0 saturated carbocycles. The van der Waals surface area contributed by atoms with Crippen LogP contribution in [0.25, 0.3) is 11.0 Å². The van der Waals surface area contributed by atoms with Crippen molar-refractivity contribution in [3.63, 3.8) is 0 Å². The highest BCUT2D eigenvalue weighted by molar-refractivity contribution is 5.80. The summed E-state index contributed by atoms with van der Waals surface area (Å²) in [6, 6.07) is 7.61. The number of nitrogens with zero attached hydrogens (tertiary/aromatic N) is 2. The van der Waals surface area contributed by atoms with Gasteiger partial charge in [0.1, 0.15) is 5.58 Å². The van der Waals surface area contributed by atoms with E-state index in [4.69, 9.17) is 4.42 Å². The average molecular weight is 272 g/mol. The van der Waals surface area contributed by atoms with Gasteiger partial charge >= 0.3 is 5.63 Å². The lowest BCUT2D eigenvalue weighted by atomic mass is 10.1. The summed E-state index contributed by atoms with van der Waals surface area (Å²) in [5.74, 6) is 0.